The summed E-state index contributed by atoms with van der Waals surface area (Å²) < 4.78 is 0. The van der Waals surface area contributed by atoms with Gasteiger partial charge in [-0.15, -0.1) is 0 Å². The molecule has 0 aromatic heterocycles. The number of hydrogen-bond donors (Lipinski definition) is 2. The van der Waals surface area contributed by atoms with Crippen molar-refractivity contribution in [3.63, 3.8) is 0 Å². The van der Waals surface area contributed by atoms with Crippen molar-refractivity contribution in [3.8, 4) is 0 Å². The molecule has 3 heteroatoms. The fraction of sp³-hybridized carbons (Fsp3) is 0.562. The van der Waals surface area contributed by atoms with E-state index in [-0.39, 0.29) is 11.8 Å². The van der Waals surface area contributed by atoms with Crippen LogP contribution >= 0.6 is 0 Å². The molecular weight excluding hydrogens is 236 g/mol. The van der Waals surface area contributed by atoms with Crippen LogP contribution in [0.4, 0.5) is 11.4 Å². The minimum absolute atomic E-state index is 0.160. The van der Waals surface area contributed by atoms with Crippen molar-refractivity contribution >= 4 is 17.3 Å². The molecule has 1 aliphatic rings. The van der Waals surface area contributed by atoms with Gasteiger partial charge in [0.25, 0.3) is 0 Å². The highest BCUT2D eigenvalue weighted by molar-refractivity contribution is 5.94. The van der Waals surface area contributed by atoms with Crippen LogP contribution in [0.15, 0.2) is 24.3 Å². The molecule has 1 atom stereocenters. The smallest absolute Gasteiger partial charge is 0.227 e. The quantitative estimate of drug-likeness (QED) is 0.815. The molecule has 0 saturated heterocycles. The van der Waals surface area contributed by atoms with E-state index in [4.69, 9.17) is 0 Å². The van der Waals surface area contributed by atoms with Crippen molar-refractivity contribution in [1.29, 1.82) is 0 Å². The first-order valence-electron chi connectivity index (χ1n) is 7.22. The highest BCUT2D eigenvalue weighted by Crippen LogP contribution is 2.30. The number of nitrogens with one attached hydrogen (secondary N) is 2. The van der Waals surface area contributed by atoms with Gasteiger partial charge in [-0.3, -0.25) is 4.79 Å². The zero-order chi connectivity index (χ0) is 13.8. The Hall–Kier alpha value is -1.51. The third-order valence-electron chi connectivity index (χ3n) is 3.32. The van der Waals surface area contributed by atoms with E-state index in [0.29, 0.717) is 12.0 Å². The van der Waals surface area contributed by atoms with Crippen LogP contribution in [0, 0.1) is 11.8 Å². The van der Waals surface area contributed by atoms with Crippen LogP contribution in [0.2, 0.25) is 0 Å². The van der Waals surface area contributed by atoms with E-state index in [0.717, 1.165) is 30.6 Å². The number of carbonyl (C=O) groups is 1. The largest absolute Gasteiger partial charge is 0.383 e. The van der Waals surface area contributed by atoms with Crippen LogP contribution in [0.3, 0.4) is 0 Å². The second-order valence-electron chi connectivity index (χ2n) is 6.02. The third-order valence-corrected chi connectivity index (χ3v) is 3.32. The van der Waals surface area contributed by atoms with Gasteiger partial charge in [0.2, 0.25) is 5.91 Å². The van der Waals surface area contributed by atoms with Crippen molar-refractivity contribution in [2.75, 3.05) is 10.6 Å². The SMILES string of the molecule is CC(C)CC(C)Nc1cccc(NC(=O)C2CC2)c1. The lowest BCUT2D eigenvalue weighted by atomic mass is 10.1. The summed E-state index contributed by atoms with van der Waals surface area (Å²) in [7, 11) is 0. The van der Waals surface area contributed by atoms with Gasteiger partial charge in [0.1, 0.15) is 0 Å². The monoisotopic (exact) mass is 260 g/mol. The highest BCUT2D eigenvalue weighted by atomic mass is 16.2. The average Bonchev–Trinajstić information content (AvgIpc) is 3.11. The van der Waals surface area contributed by atoms with Gasteiger partial charge in [-0.05, 0) is 50.3 Å². The molecule has 1 aromatic carbocycles. The molecule has 0 spiro atoms. The number of benzene rings is 1. The molecule has 1 aliphatic carbocycles. The van der Waals surface area contributed by atoms with Crippen LogP contribution in [-0.4, -0.2) is 11.9 Å². The van der Waals surface area contributed by atoms with E-state index in [9.17, 15) is 4.79 Å². The van der Waals surface area contributed by atoms with E-state index in [1.165, 1.54) is 0 Å². The second kappa shape index (κ2) is 6.09. The second-order valence-corrected chi connectivity index (χ2v) is 6.02. The van der Waals surface area contributed by atoms with Gasteiger partial charge < -0.3 is 10.6 Å². The Kier molecular flexibility index (Phi) is 4.46. The molecule has 104 valence electrons. The van der Waals surface area contributed by atoms with Crippen LogP contribution in [0.5, 0.6) is 0 Å². The normalized spacial score (nSPS) is 16.2. The van der Waals surface area contributed by atoms with Gasteiger partial charge in [-0.2, -0.15) is 0 Å². The van der Waals surface area contributed by atoms with Gasteiger partial charge in [0.05, 0.1) is 0 Å². The van der Waals surface area contributed by atoms with Crippen molar-refractivity contribution < 1.29 is 4.79 Å². The molecule has 1 amide bonds. The number of amides is 1. The maximum Gasteiger partial charge on any atom is 0.227 e. The summed E-state index contributed by atoms with van der Waals surface area (Å²) in [6.07, 6.45) is 3.21. The standard InChI is InChI=1S/C16H24N2O/c1-11(2)9-12(3)17-14-5-4-6-15(10-14)18-16(19)13-7-8-13/h4-6,10-13,17H,7-9H2,1-3H3,(H,18,19). The Morgan fingerprint density at radius 2 is 1.95 bits per heavy atom. The average molecular weight is 260 g/mol. The minimum Gasteiger partial charge on any atom is -0.383 e. The molecular formula is C16H24N2O. The van der Waals surface area contributed by atoms with Crippen LogP contribution in [0.25, 0.3) is 0 Å². The Morgan fingerprint density at radius 3 is 2.58 bits per heavy atom. The summed E-state index contributed by atoms with van der Waals surface area (Å²) in [6, 6.07) is 8.42. The summed E-state index contributed by atoms with van der Waals surface area (Å²) in [6.45, 7) is 6.64. The van der Waals surface area contributed by atoms with Crippen LogP contribution in [-0.2, 0) is 4.79 Å². The van der Waals surface area contributed by atoms with E-state index in [1.54, 1.807) is 0 Å². The van der Waals surface area contributed by atoms with Crippen LogP contribution in [0.1, 0.15) is 40.0 Å². The third kappa shape index (κ3) is 4.58. The van der Waals surface area contributed by atoms with E-state index in [1.807, 2.05) is 24.3 Å². The van der Waals surface area contributed by atoms with Gasteiger partial charge in [-0.25, -0.2) is 0 Å². The lowest BCUT2D eigenvalue weighted by Gasteiger charge is -2.17. The Balaban J connectivity index is 1.92. The summed E-state index contributed by atoms with van der Waals surface area (Å²) in [5.41, 5.74) is 1.96. The molecule has 0 radical (unpaired) electrons. The molecule has 0 aliphatic heterocycles. The van der Waals surface area contributed by atoms with Gasteiger partial charge >= 0.3 is 0 Å². The Bertz CT molecular complexity index is 438. The summed E-state index contributed by atoms with van der Waals surface area (Å²) in [4.78, 5) is 11.7. The number of carbonyl (C=O) groups excluding carboxylic acids is 1. The molecule has 1 fully saturated rings. The van der Waals surface area contributed by atoms with Gasteiger partial charge in [0.15, 0.2) is 0 Å². The fourth-order valence-electron chi connectivity index (χ4n) is 2.33. The van der Waals surface area contributed by atoms with Crippen molar-refractivity contribution in [1.82, 2.24) is 0 Å². The number of hydrogen-bond acceptors (Lipinski definition) is 2. The summed E-state index contributed by atoms with van der Waals surface area (Å²) in [5, 5.41) is 6.46. The molecule has 1 unspecified atom stereocenters. The lowest BCUT2D eigenvalue weighted by Crippen LogP contribution is -2.18. The molecule has 1 saturated carbocycles. The van der Waals surface area contributed by atoms with Crippen LogP contribution < -0.4 is 10.6 Å². The molecule has 0 bridgehead atoms. The first-order chi connectivity index (χ1) is 9.04. The predicted octanol–water partition coefficient (Wildman–Crippen LogP) is 3.88. The lowest BCUT2D eigenvalue weighted by molar-refractivity contribution is -0.117. The van der Waals surface area contributed by atoms with Crippen molar-refractivity contribution in [2.24, 2.45) is 11.8 Å². The topological polar surface area (TPSA) is 41.1 Å². The number of rotatable bonds is 6. The number of anilines is 2. The maximum atomic E-state index is 11.7. The molecule has 2 rings (SSSR count). The van der Waals surface area contributed by atoms with E-state index < -0.39 is 0 Å². The first kappa shape index (κ1) is 13.9. The van der Waals surface area contributed by atoms with Gasteiger partial charge in [-0.1, -0.05) is 19.9 Å². The zero-order valence-corrected chi connectivity index (χ0v) is 12.1. The molecule has 3 nitrogen and oxygen atoms in total. The van der Waals surface area contributed by atoms with Gasteiger partial charge in [0, 0.05) is 23.3 Å². The minimum atomic E-state index is 0.160. The molecule has 2 N–H and O–H groups in total. The van der Waals surface area contributed by atoms with Crippen molar-refractivity contribution in [2.45, 2.75) is 46.1 Å². The summed E-state index contributed by atoms with van der Waals surface area (Å²) in [5.74, 6) is 1.09. The predicted molar refractivity (Wildman–Crippen MR) is 80.3 cm³/mol. The highest BCUT2D eigenvalue weighted by Gasteiger charge is 2.29. The Morgan fingerprint density at radius 1 is 1.26 bits per heavy atom. The van der Waals surface area contributed by atoms with Crippen molar-refractivity contribution in [3.05, 3.63) is 24.3 Å². The zero-order valence-electron chi connectivity index (χ0n) is 12.1. The fourth-order valence-corrected chi connectivity index (χ4v) is 2.33. The maximum absolute atomic E-state index is 11.7. The first-order valence-corrected chi connectivity index (χ1v) is 7.22. The molecule has 0 heterocycles. The Labute approximate surface area is 115 Å². The van der Waals surface area contributed by atoms with E-state index >= 15 is 0 Å². The molecule has 19 heavy (non-hydrogen) atoms. The molecule has 1 aromatic rings. The summed E-state index contributed by atoms with van der Waals surface area (Å²) >= 11 is 0. The van der Waals surface area contributed by atoms with E-state index in [2.05, 4.69) is 31.4 Å².